The van der Waals surface area contributed by atoms with Crippen LogP contribution in [0.3, 0.4) is 0 Å². The molecule has 0 aromatic carbocycles. The molecule has 0 heterocycles. The summed E-state index contributed by atoms with van der Waals surface area (Å²) in [4.78, 5) is 0. The molecule has 0 aliphatic heterocycles. The number of hydrogen-bond donors (Lipinski definition) is 0. The van der Waals surface area contributed by atoms with Gasteiger partial charge in [-0.05, 0) is 25.2 Å². The highest BCUT2D eigenvalue weighted by atomic mass is 14.1. The Morgan fingerprint density at radius 3 is 1.73 bits per heavy atom. The summed E-state index contributed by atoms with van der Waals surface area (Å²) in [6, 6.07) is 0. The second-order valence-electron chi connectivity index (χ2n) is 3.84. The van der Waals surface area contributed by atoms with Crippen LogP contribution in [0.15, 0.2) is 24.8 Å². The maximum Gasteiger partial charge on any atom is -0.0208 e. The van der Waals surface area contributed by atoms with Crippen molar-refractivity contribution in [3.8, 4) is 0 Å². The van der Waals surface area contributed by atoms with E-state index in [2.05, 4.69) is 47.8 Å². The summed E-state index contributed by atoms with van der Waals surface area (Å²) >= 11 is 0. The molecule has 15 heavy (non-hydrogen) atoms. The summed E-state index contributed by atoms with van der Waals surface area (Å²) in [5.74, 6) is 1.31. The molecule has 2 atom stereocenters. The quantitative estimate of drug-likeness (QED) is 0.512. The molecule has 0 aliphatic rings. The van der Waals surface area contributed by atoms with Gasteiger partial charge in [0.1, 0.15) is 0 Å². The normalized spacial score (nSPS) is 12.2. The fourth-order valence-electron chi connectivity index (χ4n) is 0.953. The van der Waals surface area contributed by atoms with Gasteiger partial charge in [0.25, 0.3) is 0 Å². The van der Waals surface area contributed by atoms with Crippen molar-refractivity contribution in [1.82, 2.24) is 0 Å². The van der Waals surface area contributed by atoms with Crippen LogP contribution in [0.1, 0.15) is 61.3 Å². The van der Waals surface area contributed by atoms with Gasteiger partial charge in [0.15, 0.2) is 0 Å². The molecule has 0 spiro atoms. The number of allylic oxidation sites excluding steroid dienone is 2. The Morgan fingerprint density at radius 1 is 1.20 bits per heavy atom. The van der Waals surface area contributed by atoms with E-state index in [1.807, 2.05) is 19.9 Å². The van der Waals surface area contributed by atoms with E-state index in [4.69, 9.17) is 0 Å². The van der Waals surface area contributed by atoms with E-state index in [1.54, 1.807) is 0 Å². The number of rotatable bonds is 4. The van der Waals surface area contributed by atoms with E-state index >= 15 is 0 Å². The fraction of sp³-hybridized carbons (Fsp3) is 0.733. The Hall–Kier alpha value is -0.520. The lowest BCUT2D eigenvalue weighted by atomic mass is 9.88. The third kappa shape index (κ3) is 16.2. The van der Waals surface area contributed by atoms with Gasteiger partial charge in [-0.25, -0.2) is 0 Å². The van der Waals surface area contributed by atoms with E-state index in [-0.39, 0.29) is 0 Å². The van der Waals surface area contributed by atoms with Gasteiger partial charge in [0, 0.05) is 0 Å². The Bertz CT molecular complexity index is 133. The molecule has 0 bridgehead atoms. The monoisotopic (exact) mass is 212 g/mol. The summed E-state index contributed by atoms with van der Waals surface area (Å²) in [5.41, 5.74) is 1.27. The first kappa shape index (κ1) is 20.0. The highest BCUT2D eigenvalue weighted by molar-refractivity contribution is 4.96. The lowest BCUT2D eigenvalue weighted by Gasteiger charge is -2.17. The predicted octanol–water partition coefficient (Wildman–Crippen LogP) is 5.85. The number of hydrogen-bond acceptors (Lipinski definition) is 0. The third-order valence-electron chi connectivity index (χ3n) is 2.17. The summed E-state index contributed by atoms with van der Waals surface area (Å²) in [6.07, 6.45) is 4.32. The van der Waals surface area contributed by atoms with Crippen LogP contribution in [-0.2, 0) is 0 Å². The van der Waals surface area contributed by atoms with E-state index in [1.165, 1.54) is 12.0 Å². The van der Waals surface area contributed by atoms with Crippen LogP contribution in [0.25, 0.3) is 0 Å². The molecule has 0 heteroatoms. The molecule has 0 aliphatic carbocycles. The second kappa shape index (κ2) is 15.9. The van der Waals surface area contributed by atoms with Crippen molar-refractivity contribution in [3.63, 3.8) is 0 Å². The molecule has 0 aromatic heterocycles. The summed E-state index contributed by atoms with van der Waals surface area (Å²) in [5, 5.41) is 0. The van der Waals surface area contributed by atoms with E-state index in [9.17, 15) is 0 Å². The van der Waals surface area contributed by atoms with Crippen molar-refractivity contribution in [2.75, 3.05) is 0 Å². The fourth-order valence-corrected chi connectivity index (χ4v) is 0.953. The molecule has 0 saturated heterocycles. The molecule has 0 fully saturated rings. The molecule has 0 rings (SSSR count). The van der Waals surface area contributed by atoms with Gasteiger partial charge in [-0.3, -0.25) is 0 Å². The standard InChI is InChI=1S/C10H18.C3H8.C2H6/c1-6-7-9(4)10(5)8(2)3;1-3-2;1-2/h6,9-10H,1-2,7H2,3-5H3;3H2,1-2H3;1-2H3/t9-,10-;;/m0../s1. The van der Waals surface area contributed by atoms with Crippen molar-refractivity contribution in [2.24, 2.45) is 11.8 Å². The van der Waals surface area contributed by atoms with Crippen LogP contribution in [0.2, 0.25) is 0 Å². The van der Waals surface area contributed by atoms with Gasteiger partial charge in [0.2, 0.25) is 0 Å². The van der Waals surface area contributed by atoms with Crippen molar-refractivity contribution >= 4 is 0 Å². The molecule has 0 radical (unpaired) electrons. The van der Waals surface area contributed by atoms with Crippen LogP contribution < -0.4 is 0 Å². The zero-order chi connectivity index (χ0) is 12.9. The van der Waals surface area contributed by atoms with Gasteiger partial charge in [-0.2, -0.15) is 0 Å². The predicted molar refractivity (Wildman–Crippen MR) is 75.3 cm³/mol. The molecule has 0 unspecified atom stereocenters. The van der Waals surface area contributed by atoms with E-state index < -0.39 is 0 Å². The van der Waals surface area contributed by atoms with Gasteiger partial charge in [-0.15, -0.1) is 6.58 Å². The maximum atomic E-state index is 3.92. The maximum absolute atomic E-state index is 3.92. The first-order valence-corrected chi connectivity index (χ1v) is 6.27. The summed E-state index contributed by atoms with van der Waals surface area (Å²) in [6.45, 7) is 22.4. The SMILES string of the molecule is C=CC[C@H](C)[C@@H](C)C(=C)C.CC.CCC. The van der Waals surface area contributed by atoms with Crippen molar-refractivity contribution in [1.29, 1.82) is 0 Å². The molecule has 0 N–H and O–H groups in total. The molecule has 0 aromatic rings. The van der Waals surface area contributed by atoms with Crippen molar-refractivity contribution in [2.45, 2.75) is 61.3 Å². The first-order chi connectivity index (χ1) is 7.01. The largest absolute Gasteiger partial charge is 0.103 e. The Kier molecular flexibility index (Phi) is 21.2. The lowest BCUT2D eigenvalue weighted by molar-refractivity contribution is 0.446. The van der Waals surface area contributed by atoms with Crippen molar-refractivity contribution in [3.05, 3.63) is 24.8 Å². The Labute approximate surface area is 98.5 Å². The van der Waals surface area contributed by atoms with Crippen LogP contribution in [-0.4, -0.2) is 0 Å². The van der Waals surface area contributed by atoms with Crippen LogP contribution in [0.5, 0.6) is 0 Å². The average Bonchev–Trinajstić information content (AvgIpc) is 2.21. The Morgan fingerprint density at radius 2 is 1.53 bits per heavy atom. The van der Waals surface area contributed by atoms with Gasteiger partial charge >= 0.3 is 0 Å². The minimum Gasteiger partial charge on any atom is -0.103 e. The third-order valence-corrected chi connectivity index (χ3v) is 2.17. The van der Waals surface area contributed by atoms with Gasteiger partial charge in [-0.1, -0.05) is 66.2 Å². The molecule has 92 valence electrons. The molecule has 0 nitrogen and oxygen atoms in total. The van der Waals surface area contributed by atoms with Gasteiger partial charge in [0.05, 0.1) is 0 Å². The van der Waals surface area contributed by atoms with Crippen LogP contribution >= 0.6 is 0 Å². The smallest absolute Gasteiger partial charge is 0.0208 e. The topological polar surface area (TPSA) is 0 Å². The Balaban J connectivity index is -0.000000245. The average molecular weight is 212 g/mol. The lowest BCUT2D eigenvalue weighted by Crippen LogP contribution is -2.07. The van der Waals surface area contributed by atoms with Crippen LogP contribution in [0, 0.1) is 11.8 Å². The first-order valence-electron chi connectivity index (χ1n) is 6.27. The van der Waals surface area contributed by atoms with E-state index in [0.717, 1.165) is 6.42 Å². The second-order valence-corrected chi connectivity index (χ2v) is 3.84. The zero-order valence-corrected chi connectivity index (χ0v) is 12.1. The molecule has 0 saturated carbocycles. The molecule has 0 amide bonds. The van der Waals surface area contributed by atoms with E-state index in [0.29, 0.717) is 11.8 Å². The minimum absolute atomic E-state index is 0.623. The summed E-state index contributed by atoms with van der Waals surface area (Å²) in [7, 11) is 0. The highest BCUT2D eigenvalue weighted by Gasteiger charge is 2.09. The minimum atomic E-state index is 0.623. The summed E-state index contributed by atoms with van der Waals surface area (Å²) < 4.78 is 0. The van der Waals surface area contributed by atoms with Gasteiger partial charge < -0.3 is 0 Å². The molecular weight excluding hydrogens is 180 g/mol. The highest BCUT2D eigenvalue weighted by Crippen LogP contribution is 2.21. The molecular formula is C15H32. The van der Waals surface area contributed by atoms with Crippen LogP contribution in [0.4, 0.5) is 0 Å². The van der Waals surface area contributed by atoms with Crippen molar-refractivity contribution < 1.29 is 0 Å². The zero-order valence-electron chi connectivity index (χ0n) is 12.1.